The van der Waals surface area contributed by atoms with Crippen LogP contribution < -0.4 is 4.57 Å². The first-order valence-corrected chi connectivity index (χ1v) is 9.52. The third kappa shape index (κ3) is 3.46. The van der Waals surface area contributed by atoms with Crippen LogP contribution in [0.15, 0.2) is 40.9 Å². The number of fused-ring (bicyclic) bond motifs is 3. The molecule has 0 aliphatic carbocycles. The summed E-state index contributed by atoms with van der Waals surface area (Å²) in [7, 11) is 1.66. The van der Waals surface area contributed by atoms with Gasteiger partial charge in [-0.15, -0.1) is 0 Å². The number of rotatable bonds is 2. The Morgan fingerprint density at radius 3 is 2.45 bits per heavy atom. The van der Waals surface area contributed by atoms with Gasteiger partial charge in [-0.05, 0) is 67.6 Å². The zero-order valence-electron chi connectivity index (χ0n) is 28.3. The molecule has 29 heavy (non-hydrogen) atoms. The van der Waals surface area contributed by atoms with E-state index in [4.69, 9.17) is 19.5 Å². The van der Waals surface area contributed by atoms with Crippen LogP contribution in [-0.4, -0.2) is 0 Å². The fraction of sp³-hybridized carbons (Fsp3) is 0.370. The number of aromatic nitrogens is 1. The monoisotopic (exact) mass is 397 g/mol. The second-order valence-corrected chi connectivity index (χ2v) is 8.61. The minimum absolute atomic E-state index is 0.0217. The summed E-state index contributed by atoms with van der Waals surface area (Å²) in [6, 6.07) is 7.61. The molecule has 0 spiro atoms. The van der Waals surface area contributed by atoms with Crippen molar-refractivity contribution < 1.29 is 24.1 Å². The molecule has 150 valence electrons. The topological polar surface area (TPSA) is 17.0 Å². The number of hydrogen-bond donors (Lipinski definition) is 0. The van der Waals surface area contributed by atoms with Gasteiger partial charge in [0.1, 0.15) is 18.2 Å². The molecule has 0 N–H and O–H groups in total. The van der Waals surface area contributed by atoms with Gasteiger partial charge < -0.3 is 4.42 Å². The van der Waals surface area contributed by atoms with Crippen molar-refractivity contribution in [2.24, 2.45) is 12.5 Å². The summed E-state index contributed by atoms with van der Waals surface area (Å²) < 4.78 is 97.8. The van der Waals surface area contributed by atoms with Gasteiger partial charge in [0, 0.05) is 37.5 Å². The standard InChI is InChI=1S/C27H32NO/c1-16-11-18(3)25-22(12-16)21-10-9-17(2)24(26(21)29-25)23-13-20(14-27(5,6)7)19(4)15-28(23)8/h9-13,15H,14H2,1-8H3/q+1/i1D3,3D3,4D3,14D2. The number of aryl methyl sites for hydroxylation is 5. The zero-order chi connectivity index (χ0) is 30.4. The summed E-state index contributed by atoms with van der Waals surface area (Å²) >= 11 is 0. The second-order valence-electron chi connectivity index (χ2n) is 8.61. The summed E-state index contributed by atoms with van der Waals surface area (Å²) in [5.74, 6) is 0. The molecule has 0 aliphatic heterocycles. The normalized spacial score (nSPS) is 19.7. The fourth-order valence-corrected chi connectivity index (χ4v) is 3.76. The minimum atomic E-state index is -2.65. The third-order valence-electron chi connectivity index (χ3n) is 4.99. The molecule has 0 atom stereocenters. The van der Waals surface area contributed by atoms with Crippen molar-refractivity contribution in [3.8, 4) is 11.3 Å². The van der Waals surface area contributed by atoms with Gasteiger partial charge in [0.15, 0.2) is 6.20 Å². The van der Waals surface area contributed by atoms with Crippen molar-refractivity contribution in [1.29, 1.82) is 0 Å². The largest absolute Gasteiger partial charge is 0.455 e. The quantitative estimate of drug-likeness (QED) is 0.336. The maximum Gasteiger partial charge on any atom is 0.216 e. The van der Waals surface area contributed by atoms with Gasteiger partial charge in [-0.1, -0.05) is 39.0 Å². The summed E-state index contributed by atoms with van der Waals surface area (Å²) in [5, 5.41) is 0.829. The van der Waals surface area contributed by atoms with E-state index in [1.807, 2.05) is 6.92 Å². The van der Waals surface area contributed by atoms with Gasteiger partial charge in [0.05, 0.1) is 5.56 Å². The number of furan rings is 1. The zero-order valence-corrected chi connectivity index (χ0v) is 17.3. The van der Waals surface area contributed by atoms with Crippen molar-refractivity contribution in [3.63, 3.8) is 0 Å². The molecule has 0 saturated carbocycles. The van der Waals surface area contributed by atoms with E-state index in [2.05, 4.69) is 0 Å². The average molecular weight is 398 g/mol. The third-order valence-corrected chi connectivity index (χ3v) is 4.99. The van der Waals surface area contributed by atoms with Crippen LogP contribution >= 0.6 is 0 Å². The molecule has 4 rings (SSSR count). The lowest BCUT2D eigenvalue weighted by Crippen LogP contribution is -2.32. The maximum atomic E-state index is 8.92. The molecule has 0 unspecified atom stereocenters. The van der Waals surface area contributed by atoms with E-state index >= 15 is 0 Å². The van der Waals surface area contributed by atoms with Crippen LogP contribution in [-0.2, 0) is 13.4 Å². The van der Waals surface area contributed by atoms with Gasteiger partial charge in [-0.25, -0.2) is 4.57 Å². The Labute approximate surface area is 189 Å². The van der Waals surface area contributed by atoms with Crippen LogP contribution in [0.1, 0.15) is 63.7 Å². The summed E-state index contributed by atoms with van der Waals surface area (Å²) in [6.45, 7) is -0.852. The molecule has 0 bridgehead atoms. The highest BCUT2D eigenvalue weighted by Crippen LogP contribution is 2.39. The number of nitrogens with zero attached hydrogens (tertiary/aromatic N) is 1. The maximum absolute atomic E-state index is 8.92. The van der Waals surface area contributed by atoms with Gasteiger partial charge >= 0.3 is 0 Å². The molecule has 0 aliphatic rings. The molecule has 2 aromatic heterocycles. The predicted molar refractivity (Wildman–Crippen MR) is 122 cm³/mol. The second kappa shape index (κ2) is 6.73. The number of pyridine rings is 1. The van der Waals surface area contributed by atoms with Crippen molar-refractivity contribution in [3.05, 3.63) is 64.3 Å². The molecule has 2 heteroatoms. The highest BCUT2D eigenvalue weighted by atomic mass is 16.3. The Hall–Kier alpha value is -2.61. The van der Waals surface area contributed by atoms with Crippen molar-refractivity contribution in [1.82, 2.24) is 0 Å². The van der Waals surface area contributed by atoms with Crippen LogP contribution in [0.3, 0.4) is 0 Å². The summed E-state index contributed by atoms with van der Waals surface area (Å²) in [4.78, 5) is 0. The number of benzene rings is 2. The Morgan fingerprint density at radius 2 is 1.76 bits per heavy atom. The molecule has 0 radical (unpaired) electrons. The van der Waals surface area contributed by atoms with Crippen LogP contribution in [0.4, 0.5) is 0 Å². The fourth-order valence-electron chi connectivity index (χ4n) is 3.76. The minimum Gasteiger partial charge on any atom is -0.455 e. The van der Waals surface area contributed by atoms with E-state index in [1.54, 1.807) is 44.5 Å². The van der Waals surface area contributed by atoms with Crippen LogP contribution in [0.5, 0.6) is 0 Å². The molecule has 2 aromatic carbocycles. The molecule has 0 amide bonds. The van der Waals surface area contributed by atoms with E-state index in [1.165, 1.54) is 18.3 Å². The van der Waals surface area contributed by atoms with Crippen molar-refractivity contribution in [2.45, 2.75) is 54.6 Å². The highest BCUT2D eigenvalue weighted by Gasteiger charge is 2.24. The lowest BCUT2D eigenvalue weighted by molar-refractivity contribution is -0.660. The van der Waals surface area contributed by atoms with E-state index in [-0.39, 0.29) is 27.8 Å². The van der Waals surface area contributed by atoms with E-state index < -0.39 is 32.3 Å². The van der Waals surface area contributed by atoms with Crippen LogP contribution in [0, 0.1) is 32.9 Å². The first-order chi connectivity index (χ1) is 18.0. The smallest absolute Gasteiger partial charge is 0.216 e. The van der Waals surface area contributed by atoms with E-state index in [9.17, 15) is 0 Å². The SMILES string of the molecule is [2H]C([2H])([2H])c1cc(C([2H])([2H])[2H])c2oc3c(-c4cc(C([2H])([2H])C(C)(C)C)c(C([2H])([2H])[2H])c[n+]4C)c(C)ccc3c2c1. The average Bonchev–Trinajstić information content (AvgIpc) is 3.14. The number of hydrogen-bond acceptors (Lipinski definition) is 1. The van der Waals surface area contributed by atoms with Crippen molar-refractivity contribution in [2.75, 3.05) is 0 Å². The molecule has 0 fully saturated rings. The van der Waals surface area contributed by atoms with Crippen molar-refractivity contribution >= 4 is 21.9 Å². The lowest BCUT2D eigenvalue weighted by Gasteiger charge is -2.19. The van der Waals surface area contributed by atoms with Gasteiger partial charge in [-0.3, -0.25) is 0 Å². The molecular weight excluding hydrogens is 354 g/mol. The van der Waals surface area contributed by atoms with E-state index in [0.717, 1.165) is 11.6 Å². The lowest BCUT2D eigenvalue weighted by atomic mass is 9.86. The van der Waals surface area contributed by atoms with Gasteiger partial charge in [-0.2, -0.15) is 0 Å². The molecule has 4 aromatic rings. The first kappa shape index (κ1) is 10.4. The highest BCUT2D eigenvalue weighted by molar-refractivity contribution is 6.10. The Balaban J connectivity index is 2.17. The van der Waals surface area contributed by atoms with Crippen LogP contribution in [0.25, 0.3) is 33.2 Å². The molecule has 2 nitrogen and oxygen atoms in total. The predicted octanol–water partition coefficient (Wildman–Crippen LogP) is 6.90. The summed E-state index contributed by atoms with van der Waals surface area (Å²) in [6.07, 6.45) is -0.624. The van der Waals surface area contributed by atoms with Crippen LogP contribution in [0.2, 0.25) is 0 Å². The Bertz CT molecular complexity index is 1630. The first-order valence-electron chi connectivity index (χ1n) is 15.0. The van der Waals surface area contributed by atoms with E-state index in [0.29, 0.717) is 27.6 Å². The molecule has 0 saturated heterocycles. The molecular formula is C27H32NO+. The van der Waals surface area contributed by atoms with Gasteiger partial charge in [0.25, 0.3) is 0 Å². The summed E-state index contributed by atoms with van der Waals surface area (Å²) in [5.41, 5.74) is 0.670. The Morgan fingerprint density at radius 1 is 0.966 bits per heavy atom. The van der Waals surface area contributed by atoms with Gasteiger partial charge in [0.2, 0.25) is 5.69 Å². The Kier molecular flexibility index (Phi) is 2.42. The molecule has 2 heterocycles.